The Morgan fingerprint density at radius 1 is 1.00 bits per heavy atom. The van der Waals surface area contributed by atoms with E-state index in [2.05, 4.69) is 36.4 Å². The van der Waals surface area contributed by atoms with E-state index >= 15 is 0 Å². The predicted molar refractivity (Wildman–Crippen MR) is 112 cm³/mol. The SMILES string of the molecule is CN(C)CCCNCc1cccc(OCc2ccc(Cl)cc2)c1.Cl.Cl. The van der Waals surface area contributed by atoms with E-state index in [-0.39, 0.29) is 24.8 Å². The Hall–Kier alpha value is -0.970. The number of halogens is 3. The van der Waals surface area contributed by atoms with Crippen LogP contribution < -0.4 is 10.1 Å². The minimum Gasteiger partial charge on any atom is -0.489 e. The molecule has 0 heterocycles. The molecule has 0 aromatic heterocycles. The molecular weight excluding hydrogens is 379 g/mol. The fourth-order valence-electron chi connectivity index (χ4n) is 2.25. The molecule has 3 nitrogen and oxygen atoms in total. The van der Waals surface area contributed by atoms with E-state index in [1.54, 1.807) is 0 Å². The molecule has 0 aliphatic rings. The summed E-state index contributed by atoms with van der Waals surface area (Å²) in [6, 6.07) is 16.0. The summed E-state index contributed by atoms with van der Waals surface area (Å²) in [5.41, 5.74) is 2.35. The second kappa shape index (κ2) is 13.3. The first-order valence-corrected chi connectivity index (χ1v) is 8.33. The molecule has 25 heavy (non-hydrogen) atoms. The predicted octanol–water partition coefficient (Wildman–Crippen LogP) is 4.80. The van der Waals surface area contributed by atoms with E-state index in [1.807, 2.05) is 36.4 Å². The molecule has 0 radical (unpaired) electrons. The summed E-state index contributed by atoms with van der Waals surface area (Å²) in [6.45, 7) is 3.55. The normalized spacial score (nSPS) is 10.1. The van der Waals surface area contributed by atoms with E-state index in [9.17, 15) is 0 Å². The monoisotopic (exact) mass is 404 g/mol. The van der Waals surface area contributed by atoms with Crippen molar-refractivity contribution < 1.29 is 4.74 Å². The van der Waals surface area contributed by atoms with Gasteiger partial charge in [-0.25, -0.2) is 0 Å². The molecule has 0 unspecified atom stereocenters. The Morgan fingerprint density at radius 2 is 1.72 bits per heavy atom. The van der Waals surface area contributed by atoms with Gasteiger partial charge in [0.05, 0.1) is 0 Å². The lowest BCUT2D eigenvalue weighted by atomic mass is 10.2. The Morgan fingerprint density at radius 3 is 2.40 bits per heavy atom. The lowest BCUT2D eigenvalue weighted by molar-refractivity contribution is 0.306. The number of nitrogens with zero attached hydrogens (tertiary/aromatic N) is 1. The van der Waals surface area contributed by atoms with Crippen LogP contribution in [-0.2, 0) is 13.2 Å². The van der Waals surface area contributed by atoms with Crippen molar-refractivity contribution in [2.45, 2.75) is 19.6 Å². The van der Waals surface area contributed by atoms with Gasteiger partial charge >= 0.3 is 0 Å². The fourth-order valence-corrected chi connectivity index (χ4v) is 2.37. The highest BCUT2D eigenvalue weighted by Crippen LogP contribution is 2.16. The number of hydrogen-bond acceptors (Lipinski definition) is 3. The largest absolute Gasteiger partial charge is 0.489 e. The van der Waals surface area contributed by atoms with Crippen LogP contribution in [0.25, 0.3) is 0 Å². The molecule has 1 N–H and O–H groups in total. The van der Waals surface area contributed by atoms with Gasteiger partial charge in [-0.3, -0.25) is 0 Å². The van der Waals surface area contributed by atoms with Crippen LogP contribution in [0.15, 0.2) is 48.5 Å². The summed E-state index contributed by atoms with van der Waals surface area (Å²) in [7, 11) is 4.20. The van der Waals surface area contributed by atoms with Crippen LogP contribution in [0, 0.1) is 0 Å². The van der Waals surface area contributed by atoms with Gasteiger partial charge in [-0.2, -0.15) is 0 Å². The first-order valence-electron chi connectivity index (χ1n) is 7.95. The highest BCUT2D eigenvalue weighted by Gasteiger charge is 1.99. The molecule has 2 rings (SSSR count). The zero-order valence-electron chi connectivity index (χ0n) is 14.7. The number of ether oxygens (including phenoxy) is 1. The molecule has 0 spiro atoms. The second-order valence-corrected chi connectivity index (χ2v) is 6.33. The van der Waals surface area contributed by atoms with Gasteiger partial charge in [-0.15, -0.1) is 24.8 Å². The van der Waals surface area contributed by atoms with Crippen LogP contribution in [-0.4, -0.2) is 32.1 Å². The van der Waals surface area contributed by atoms with E-state index in [0.717, 1.165) is 42.4 Å². The molecule has 0 aliphatic carbocycles. The molecule has 0 atom stereocenters. The number of benzene rings is 2. The van der Waals surface area contributed by atoms with Crippen LogP contribution in [0.2, 0.25) is 5.02 Å². The van der Waals surface area contributed by atoms with Crippen molar-refractivity contribution in [1.29, 1.82) is 0 Å². The molecule has 0 bridgehead atoms. The van der Waals surface area contributed by atoms with E-state index < -0.39 is 0 Å². The van der Waals surface area contributed by atoms with Gasteiger partial charge in [-0.05, 0) is 69.0 Å². The third-order valence-electron chi connectivity index (χ3n) is 3.51. The number of hydrogen-bond donors (Lipinski definition) is 1. The summed E-state index contributed by atoms with van der Waals surface area (Å²) < 4.78 is 5.85. The van der Waals surface area contributed by atoms with Gasteiger partial charge in [0.1, 0.15) is 12.4 Å². The Balaban J connectivity index is 0.00000288. The highest BCUT2D eigenvalue weighted by molar-refractivity contribution is 6.30. The maximum Gasteiger partial charge on any atom is 0.120 e. The Kier molecular flexibility index (Phi) is 12.7. The molecule has 0 saturated carbocycles. The third-order valence-corrected chi connectivity index (χ3v) is 3.76. The van der Waals surface area contributed by atoms with Crippen LogP contribution in [0.4, 0.5) is 0 Å². The van der Waals surface area contributed by atoms with Crippen LogP contribution in [0.5, 0.6) is 5.75 Å². The minimum absolute atomic E-state index is 0. The van der Waals surface area contributed by atoms with Crippen LogP contribution in [0.3, 0.4) is 0 Å². The molecular formula is C19H27Cl3N2O. The van der Waals surface area contributed by atoms with Crippen molar-refractivity contribution >= 4 is 36.4 Å². The number of nitrogens with one attached hydrogen (secondary N) is 1. The van der Waals surface area contributed by atoms with Crippen molar-refractivity contribution in [3.8, 4) is 5.75 Å². The van der Waals surface area contributed by atoms with Crippen LogP contribution in [0.1, 0.15) is 17.5 Å². The third kappa shape index (κ3) is 9.93. The van der Waals surface area contributed by atoms with Gasteiger partial charge in [0, 0.05) is 11.6 Å². The van der Waals surface area contributed by atoms with Crippen molar-refractivity contribution in [2.75, 3.05) is 27.2 Å². The molecule has 0 amide bonds. The maximum absolute atomic E-state index is 5.89. The van der Waals surface area contributed by atoms with E-state index in [0.29, 0.717) is 6.61 Å². The summed E-state index contributed by atoms with van der Waals surface area (Å²) in [6.07, 6.45) is 1.15. The molecule has 140 valence electrons. The Labute approximate surface area is 168 Å². The molecule has 0 saturated heterocycles. The fraction of sp³-hybridized carbons (Fsp3) is 0.368. The van der Waals surface area contributed by atoms with Gasteiger partial charge in [0.15, 0.2) is 0 Å². The van der Waals surface area contributed by atoms with E-state index in [4.69, 9.17) is 16.3 Å². The average Bonchev–Trinajstić information content (AvgIpc) is 2.54. The first kappa shape index (κ1) is 24.0. The summed E-state index contributed by atoms with van der Waals surface area (Å²) in [5.74, 6) is 0.896. The van der Waals surface area contributed by atoms with Gasteiger partial charge in [-0.1, -0.05) is 35.9 Å². The molecule has 0 aliphatic heterocycles. The summed E-state index contributed by atoms with van der Waals surface area (Å²) in [5, 5.41) is 4.21. The maximum atomic E-state index is 5.89. The quantitative estimate of drug-likeness (QED) is 0.606. The molecule has 6 heteroatoms. The molecule has 2 aromatic carbocycles. The standard InChI is InChI=1S/C19H25ClN2O.2ClH/c1-22(2)12-4-11-21-14-17-5-3-6-19(13-17)23-15-16-7-9-18(20)10-8-16;;/h3,5-10,13,21H,4,11-12,14-15H2,1-2H3;2*1H. The smallest absolute Gasteiger partial charge is 0.120 e. The van der Waals surface area contributed by atoms with Crippen molar-refractivity contribution in [1.82, 2.24) is 10.2 Å². The van der Waals surface area contributed by atoms with Crippen molar-refractivity contribution in [2.24, 2.45) is 0 Å². The zero-order valence-corrected chi connectivity index (χ0v) is 17.1. The topological polar surface area (TPSA) is 24.5 Å². The highest BCUT2D eigenvalue weighted by atomic mass is 35.5. The van der Waals surface area contributed by atoms with Crippen molar-refractivity contribution in [3.63, 3.8) is 0 Å². The summed E-state index contributed by atoms with van der Waals surface area (Å²) >= 11 is 5.89. The zero-order chi connectivity index (χ0) is 16.5. The lowest BCUT2D eigenvalue weighted by Crippen LogP contribution is -2.20. The first-order chi connectivity index (χ1) is 11.1. The van der Waals surface area contributed by atoms with E-state index in [1.165, 1.54) is 5.56 Å². The second-order valence-electron chi connectivity index (χ2n) is 5.90. The molecule has 2 aromatic rings. The lowest BCUT2D eigenvalue weighted by Gasteiger charge is -2.11. The van der Waals surface area contributed by atoms with Crippen LogP contribution >= 0.6 is 36.4 Å². The average molecular weight is 406 g/mol. The summed E-state index contributed by atoms with van der Waals surface area (Å²) in [4.78, 5) is 2.20. The number of rotatable bonds is 9. The molecule has 0 fully saturated rings. The van der Waals surface area contributed by atoms with Gasteiger partial charge in [0.2, 0.25) is 0 Å². The van der Waals surface area contributed by atoms with Gasteiger partial charge < -0.3 is 15.0 Å². The van der Waals surface area contributed by atoms with Crippen molar-refractivity contribution in [3.05, 3.63) is 64.7 Å². The van der Waals surface area contributed by atoms with Gasteiger partial charge in [0.25, 0.3) is 0 Å². The minimum atomic E-state index is 0. The Bertz CT molecular complexity index is 591.